The Bertz CT molecular complexity index is 2830. The molecule has 5 atom stereocenters. The van der Waals surface area contributed by atoms with Gasteiger partial charge in [-0.15, -0.1) is 0 Å². The van der Waals surface area contributed by atoms with E-state index in [-0.39, 0.29) is 25.7 Å². The molecule has 19 heteroatoms. The van der Waals surface area contributed by atoms with Crippen molar-refractivity contribution in [2.45, 2.75) is 277 Å². The van der Waals surface area contributed by atoms with Crippen LogP contribution in [0, 0.1) is 0 Å². The van der Waals surface area contributed by atoms with Gasteiger partial charge in [-0.1, -0.05) is 273 Å². The number of esters is 4. The third kappa shape index (κ3) is 75.9. The standard InChI is InChI=1S/C87H136O17P2/c1-5-9-13-17-21-25-29-33-36-38-40-42-45-48-51-55-59-63-67-71-84(89)97-77-82(103-86(91)73-69-65-61-57-53-47-32-28-24-20-16-12-8-4)79-101-105(93,94)99-75-81(88)76-100-106(95,96)102-80-83(104-87(92)74-70-66-62-58-54-50-44-35-31-27-23-19-15-11-7-3)78-98-85(90)72-68-64-60-56-52-49-46-43-41-39-37-34-30-26-22-18-14-10-6-2/h9-11,13-16,20-23,25-28,32-37,40-44,48-49,51-52,54,58,66,70,81-83,88H,5-8,12,17-19,24,29-31,38-39,45-47,50,53,55-57,59-65,67-69,71-80H2,1-4H3,(H,93,94)(H,95,96)/b13-9-,14-10-,15-11-,20-16-,25-21-,26-22-,27-23-,32-28-,36-33-,37-34-,42-40-,43-41-,44-35-,51-48-,52-49-,58-54-,70-66-. The molecule has 596 valence electrons. The maximum absolute atomic E-state index is 13.1. The lowest BCUT2D eigenvalue weighted by Crippen LogP contribution is -2.30. The Morgan fingerprint density at radius 1 is 0.283 bits per heavy atom. The third-order valence-corrected chi connectivity index (χ3v) is 17.1. The van der Waals surface area contributed by atoms with E-state index in [1.54, 1.807) is 12.2 Å². The summed E-state index contributed by atoms with van der Waals surface area (Å²) in [4.78, 5) is 72.9. The minimum Gasteiger partial charge on any atom is -0.462 e. The van der Waals surface area contributed by atoms with Gasteiger partial charge in [0.1, 0.15) is 19.3 Å². The molecular formula is C87H136O17P2. The summed E-state index contributed by atoms with van der Waals surface area (Å²) in [5.74, 6) is -2.44. The first-order chi connectivity index (χ1) is 51.7. The highest BCUT2D eigenvalue weighted by molar-refractivity contribution is 7.47. The number of ether oxygens (including phenoxy) is 4. The van der Waals surface area contributed by atoms with E-state index in [1.807, 2.05) is 12.2 Å². The zero-order chi connectivity index (χ0) is 77.4. The van der Waals surface area contributed by atoms with Crippen molar-refractivity contribution < 1.29 is 80.2 Å². The van der Waals surface area contributed by atoms with Crippen LogP contribution in [-0.4, -0.2) is 96.7 Å². The molecule has 106 heavy (non-hydrogen) atoms. The third-order valence-electron chi connectivity index (χ3n) is 15.2. The monoisotopic (exact) mass is 1510 g/mol. The first-order valence-corrected chi connectivity index (χ1v) is 42.3. The molecule has 0 aliphatic heterocycles. The molecule has 0 spiro atoms. The van der Waals surface area contributed by atoms with E-state index in [9.17, 15) is 43.2 Å². The van der Waals surface area contributed by atoms with Crippen LogP contribution in [0.25, 0.3) is 0 Å². The van der Waals surface area contributed by atoms with Crippen LogP contribution >= 0.6 is 15.6 Å². The molecule has 0 radical (unpaired) electrons. The molecule has 0 fully saturated rings. The lowest BCUT2D eigenvalue weighted by Gasteiger charge is -2.21. The molecule has 0 aliphatic rings. The molecule has 0 bridgehead atoms. The predicted octanol–water partition coefficient (Wildman–Crippen LogP) is 23.1. The number of phosphoric acid groups is 2. The van der Waals surface area contributed by atoms with Crippen LogP contribution in [0.5, 0.6) is 0 Å². The van der Waals surface area contributed by atoms with Gasteiger partial charge in [0.15, 0.2) is 12.2 Å². The van der Waals surface area contributed by atoms with E-state index in [2.05, 4.69) is 210 Å². The predicted molar refractivity (Wildman–Crippen MR) is 435 cm³/mol. The van der Waals surface area contributed by atoms with Crippen LogP contribution in [0.1, 0.15) is 259 Å². The van der Waals surface area contributed by atoms with Crippen molar-refractivity contribution in [3.63, 3.8) is 0 Å². The van der Waals surface area contributed by atoms with Crippen LogP contribution in [0.2, 0.25) is 0 Å². The smallest absolute Gasteiger partial charge is 0.462 e. The number of carbonyl (C=O) groups is 4. The number of aliphatic hydroxyl groups is 1. The molecule has 0 aromatic rings. The minimum absolute atomic E-state index is 0.0591. The van der Waals surface area contributed by atoms with Crippen molar-refractivity contribution in [1.82, 2.24) is 0 Å². The van der Waals surface area contributed by atoms with Crippen LogP contribution < -0.4 is 0 Å². The van der Waals surface area contributed by atoms with E-state index in [0.29, 0.717) is 25.7 Å². The van der Waals surface area contributed by atoms with E-state index in [0.717, 1.165) is 180 Å². The van der Waals surface area contributed by atoms with Crippen molar-refractivity contribution in [1.29, 1.82) is 0 Å². The largest absolute Gasteiger partial charge is 0.472 e. The molecule has 0 heterocycles. The average molecular weight is 1520 g/mol. The Morgan fingerprint density at radius 2 is 0.528 bits per heavy atom. The van der Waals surface area contributed by atoms with E-state index < -0.39 is 97.5 Å². The number of rotatable bonds is 71. The molecule has 5 unspecified atom stereocenters. The van der Waals surface area contributed by atoms with Crippen molar-refractivity contribution in [2.75, 3.05) is 39.6 Å². The van der Waals surface area contributed by atoms with Gasteiger partial charge in [-0.05, 0) is 167 Å². The highest BCUT2D eigenvalue weighted by Gasteiger charge is 2.30. The van der Waals surface area contributed by atoms with Gasteiger partial charge in [0, 0.05) is 19.3 Å². The first kappa shape index (κ1) is 99.6. The summed E-state index contributed by atoms with van der Waals surface area (Å²) in [6, 6.07) is 0. The number of hydrogen-bond donors (Lipinski definition) is 3. The van der Waals surface area contributed by atoms with E-state index >= 15 is 0 Å². The highest BCUT2D eigenvalue weighted by atomic mass is 31.2. The SMILES string of the molecule is CC/C=C\C/C=C\C/C=C\C/C=C\C/C=C\CCCCCC(=O)OCC(COP(=O)(O)OCC(O)COP(=O)(O)OCC(COC(=O)CCCCC/C=C\C/C=C\C/C=C\C/C=C\C/C=C\CC)OC(=O)CCCCCCC/C=C\C/C=C\CCC)OC(=O)C/C=C\C/C=C\C/C=C\C/C=C\C/C=C\CC. The molecule has 0 aromatic heterocycles. The van der Waals surface area contributed by atoms with Gasteiger partial charge in [-0.25, -0.2) is 9.13 Å². The van der Waals surface area contributed by atoms with Crippen molar-refractivity contribution >= 4 is 39.5 Å². The van der Waals surface area contributed by atoms with Crippen LogP contribution in [0.15, 0.2) is 207 Å². The number of aliphatic hydroxyl groups excluding tert-OH is 1. The number of phosphoric ester groups is 2. The maximum Gasteiger partial charge on any atom is 0.472 e. The lowest BCUT2D eigenvalue weighted by atomic mass is 10.1. The lowest BCUT2D eigenvalue weighted by molar-refractivity contribution is -0.161. The summed E-state index contributed by atoms with van der Waals surface area (Å²) in [6.45, 7) is 4.21. The molecule has 0 saturated heterocycles. The van der Waals surface area contributed by atoms with Gasteiger partial charge in [0.2, 0.25) is 0 Å². The number of unbranched alkanes of at least 4 members (excludes halogenated alkanes) is 12. The van der Waals surface area contributed by atoms with Gasteiger partial charge in [-0.2, -0.15) is 0 Å². The van der Waals surface area contributed by atoms with Crippen molar-refractivity contribution in [2.24, 2.45) is 0 Å². The Kier molecular flexibility index (Phi) is 72.2. The van der Waals surface area contributed by atoms with Gasteiger partial charge in [0.25, 0.3) is 0 Å². The van der Waals surface area contributed by atoms with Crippen LogP contribution in [0.4, 0.5) is 0 Å². The zero-order valence-electron chi connectivity index (χ0n) is 65.0. The maximum atomic E-state index is 13.1. The first-order valence-electron chi connectivity index (χ1n) is 39.3. The fourth-order valence-corrected chi connectivity index (χ4v) is 11.0. The zero-order valence-corrected chi connectivity index (χ0v) is 66.8. The topological polar surface area (TPSA) is 237 Å². The summed E-state index contributed by atoms with van der Waals surface area (Å²) in [6.07, 6.45) is 95.6. The van der Waals surface area contributed by atoms with Gasteiger partial charge < -0.3 is 33.8 Å². The second-order valence-corrected chi connectivity index (χ2v) is 28.1. The second kappa shape index (κ2) is 76.8. The van der Waals surface area contributed by atoms with Crippen molar-refractivity contribution in [3.05, 3.63) is 207 Å². The molecule has 17 nitrogen and oxygen atoms in total. The molecule has 0 rings (SSSR count). The van der Waals surface area contributed by atoms with E-state index in [1.165, 1.54) is 0 Å². The molecule has 0 aliphatic carbocycles. The number of carbonyl (C=O) groups excluding carboxylic acids is 4. The van der Waals surface area contributed by atoms with Gasteiger partial charge in [-0.3, -0.25) is 37.3 Å². The molecular weight excluding hydrogens is 1380 g/mol. The van der Waals surface area contributed by atoms with Gasteiger partial charge >= 0.3 is 39.5 Å². The number of hydrogen-bond acceptors (Lipinski definition) is 15. The normalized spacial score (nSPS) is 15.0. The molecule has 0 saturated carbocycles. The summed E-state index contributed by atoms with van der Waals surface area (Å²) < 4.78 is 68.4. The Morgan fingerprint density at radius 3 is 0.849 bits per heavy atom. The second-order valence-electron chi connectivity index (χ2n) is 25.2. The Labute approximate surface area is 639 Å². The Balaban J connectivity index is 5.51. The quantitative estimate of drug-likeness (QED) is 0.0169. The fraction of sp³-hybridized carbons (Fsp3) is 0.563. The van der Waals surface area contributed by atoms with Crippen LogP contribution in [0.3, 0.4) is 0 Å². The molecule has 0 aromatic carbocycles. The average Bonchev–Trinajstić information content (AvgIpc) is 0.933. The minimum atomic E-state index is -5.02. The van der Waals surface area contributed by atoms with Gasteiger partial charge in [0.05, 0.1) is 32.8 Å². The molecule has 3 N–H and O–H groups in total. The summed E-state index contributed by atoms with van der Waals surface area (Å²) in [7, 11) is -10.0. The Hall–Kier alpha value is -6.36. The van der Waals surface area contributed by atoms with Crippen LogP contribution in [-0.2, 0) is 65.4 Å². The summed E-state index contributed by atoms with van der Waals surface area (Å²) >= 11 is 0. The van der Waals surface area contributed by atoms with E-state index in [4.69, 9.17) is 37.0 Å². The molecule has 0 amide bonds. The van der Waals surface area contributed by atoms with Crippen molar-refractivity contribution in [3.8, 4) is 0 Å². The highest BCUT2D eigenvalue weighted by Crippen LogP contribution is 2.45. The fourth-order valence-electron chi connectivity index (χ4n) is 9.38. The summed E-state index contributed by atoms with van der Waals surface area (Å²) in [5.41, 5.74) is 0. The number of allylic oxidation sites excluding steroid dienone is 33. The summed E-state index contributed by atoms with van der Waals surface area (Å²) in [5, 5.41) is 10.6.